The van der Waals surface area contributed by atoms with Crippen molar-refractivity contribution in [2.75, 3.05) is 13.2 Å². The van der Waals surface area contributed by atoms with Crippen LogP contribution in [0.3, 0.4) is 0 Å². The molecular weight excluding hydrogens is 322 g/mol. The monoisotopic (exact) mass is 339 g/mol. The van der Waals surface area contributed by atoms with Crippen LogP contribution in [0.15, 0.2) is 16.6 Å². The van der Waals surface area contributed by atoms with Gasteiger partial charge >= 0.3 is 0 Å². The van der Waals surface area contributed by atoms with Gasteiger partial charge in [0.05, 0.1) is 6.42 Å². The maximum absolute atomic E-state index is 12.1. The van der Waals surface area contributed by atoms with Gasteiger partial charge in [-0.2, -0.15) is 0 Å². The predicted octanol–water partition coefficient (Wildman–Crippen LogP) is 2.68. The van der Waals surface area contributed by atoms with Crippen LogP contribution in [0.2, 0.25) is 0 Å². The van der Waals surface area contributed by atoms with Crippen molar-refractivity contribution < 1.29 is 14.3 Å². The van der Waals surface area contributed by atoms with Gasteiger partial charge in [-0.15, -0.1) is 0 Å². The van der Waals surface area contributed by atoms with Gasteiger partial charge in [-0.05, 0) is 43.4 Å². The molecule has 1 aromatic carbocycles. The Balaban J connectivity index is 1.68. The third-order valence-corrected chi connectivity index (χ3v) is 4.52. The summed E-state index contributed by atoms with van der Waals surface area (Å²) in [5.41, 5.74) is 0.926. The number of ether oxygens (including phenoxy) is 2. The van der Waals surface area contributed by atoms with Gasteiger partial charge in [0.2, 0.25) is 5.91 Å². The fourth-order valence-electron chi connectivity index (χ4n) is 2.43. The lowest BCUT2D eigenvalue weighted by Crippen LogP contribution is -2.35. The van der Waals surface area contributed by atoms with Crippen LogP contribution >= 0.6 is 15.9 Å². The summed E-state index contributed by atoms with van der Waals surface area (Å²) < 4.78 is 12.0. The van der Waals surface area contributed by atoms with Crippen LogP contribution in [0.5, 0.6) is 11.5 Å². The van der Waals surface area contributed by atoms with Crippen molar-refractivity contribution in [1.82, 2.24) is 5.32 Å². The van der Waals surface area contributed by atoms with Gasteiger partial charge in [-0.25, -0.2) is 0 Å². The fourth-order valence-corrected chi connectivity index (χ4v) is 2.90. The van der Waals surface area contributed by atoms with Crippen LogP contribution < -0.4 is 14.8 Å². The Morgan fingerprint density at radius 1 is 1.35 bits per heavy atom. The zero-order valence-electron chi connectivity index (χ0n) is 11.4. The summed E-state index contributed by atoms with van der Waals surface area (Å²) in [6, 6.07) is 4.04. The summed E-state index contributed by atoms with van der Waals surface area (Å²) >= 11 is 3.50. The largest absolute Gasteiger partial charge is 0.486 e. The average molecular weight is 340 g/mol. The summed E-state index contributed by atoms with van der Waals surface area (Å²) in [6.07, 6.45) is 2.82. The maximum Gasteiger partial charge on any atom is 0.224 e. The van der Waals surface area contributed by atoms with E-state index in [1.54, 1.807) is 0 Å². The second-order valence-corrected chi connectivity index (χ2v) is 6.31. The van der Waals surface area contributed by atoms with Gasteiger partial charge < -0.3 is 14.8 Å². The summed E-state index contributed by atoms with van der Waals surface area (Å²) in [5, 5.41) is 3.07. The van der Waals surface area contributed by atoms with Gasteiger partial charge in [-0.1, -0.05) is 15.9 Å². The van der Waals surface area contributed by atoms with E-state index in [9.17, 15) is 4.79 Å². The van der Waals surface area contributed by atoms with Crippen LogP contribution in [-0.2, 0) is 11.2 Å². The summed E-state index contributed by atoms with van der Waals surface area (Å²) in [6.45, 7) is 3.20. The quantitative estimate of drug-likeness (QED) is 0.917. The van der Waals surface area contributed by atoms with Gasteiger partial charge in [0.1, 0.15) is 13.2 Å². The highest BCUT2D eigenvalue weighted by Gasteiger charge is 2.29. The Morgan fingerprint density at radius 3 is 2.65 bits per heavy atom. The average Bonchev–Trinajstić information content (AvgIpc) is 3.23. The van der Waals surface area contributed by atoms with Crippen molar-refractivity contribution in [3.8, 4) is 11.5 Å². The number of rotatable bonds is 4. The lowest BCUT2D eigenvalue weighted by atomic mass is 10.1. The molecule has 2 aliphatic rings. The minimum atomic E-state index is 0.0572. The third kappa shape index (κ3) is 3.08. The number of fused-ring (bicyclic) bond motifs is 1. The van der Waals surface area contributed by atoms with Crippen molar-refractivity contribution >= 4 is 21.8 Å². The van der Waals surface area contributed by atoms with Crippen molar-refractivity contribution in [3.63, 3.8) is 0 Å². The Kier molecular flexibility index (Phi) is 3.87. The van der Waals surface area contributed by atoms with Crippen LogP contribution in [0.1, 0.15) is 25.3 Å². The third-order valence-electron chi connectivity index (χ3n) is 3.78. The van der Waals surface area contributed by atoms with Gasteiger partial charge in [-0.3, -0.25) is 4.79 Å². The van der Waals surface area contributed by atoms with E-state index in [2.05, 4.69) is 28.2 Å². The molecule has 1 aromatic rings. The van der Waals surface area contributed by atoms with Crippen LogP contribution in [-0.4, -0.2) is 25.2 Å². The summed E-state index contributed by atoms with van der Waals surface area (Å²) in [5.74, 6) is 2.18. The standard InChI is InChI=1S/C15H18BrNO3/c1-9(10-2-3-10)17-15(18)7-11-6-13-14(8-12(11)16)20-5-4-19-13/h6,8-10H,2-5,7H2,1H3,(H,17,18). The first-order valence-corrected chi connectivity index (χ1v) is 7.80. The SMILES string of the molecule is CC(NC(=O)Cc1cc2c(cc1Br)OCCO2)C1CC1. The highest BCUT2D eigenvalue weighted by molar-refractivity contribution is 9.10. The number of hydrogen-bond donors (Lipinski definition) is 1. The van der Waals surface area contributed by atoms with E-state index >= 15 is 0 Å². The molecule has 108 valence electrons. The Hall–Kier alpha value is -1.23. The van der Waals surface area contributed by atoms with E-state index in [0.717, 1.165) is 21.5 Å². The molecule has 1 saturated carbocycles. The van der Waals surface area contributed by atoms with Crippen molar-refractivity contribution in [1.29, 1.82) is 0 Å². The van der Waals surface area contributed by atoms with Crippen molar-refractivity contribution in [3.05, 3.63) is 22.2 Å². The molecule has 5 heteroatoms. The first-order chi connectivity index (χ1) is 9.63. The molecule has 0 spiro atoms. The summed E-state index contributed by atoms with van der Waals surface area (Å²) in [4.78, 5) is 12.1. The zero-order chi connectivity index (χ0) is 14.1. The van der Waals surface area contributed by atoms with Crippen LogP contribution in [0.4, 0.5) is 0 Å². The zero-order valence-corrected chi connectivity index (χ0v) is 13.0. The van der Waals surface area contributed by atoms with E-state index in [4.69, 9.17) is 9.47 Å². The molecule has 1 aliphatic heterocycles. The summed E-state index contributed by atoms with van der Waals surface area (Å²) in [7, 11) is 0. The predicted molar refractivity (Wildman–Crippen MR) is 79.2 cm³/mol. The molecule has 1 atom stereocenters. The molecule has 4 nitrogen and oxygen atoms in total. The molecule has 1 aliphatic carbocycles. The van der Waals surface area contributed by atoms with Gasteiger partial charge in [0, 0.05) is 10.5 Å². The number of carbonyl (C=O) groups excluding carboxylic acids is 1. The number of halogens is 1. The lowest BCUT2D eigenvalue weighted by Gasteiger charge is -2.20. The molecule has 0 aromatic heterocycles. The first kappa shape index (κ1) is 13.7. The van der Waals surface area contributed by atoms with Gasteiger partial charge in [0.15, 0.2) is 11.5 Å². The molecule has 1 unspecified atom stereocenters. The molecule has 1 N–H and O–H groups in total. The molecular formula is C15H18BrNO3. The molecule has 1 amide bonds. The van der Waals surface area contributed by atoms with E-state index in [0.29, 0.717) is 25.6 Å². The normalized spacial score (nSPS) is 18.5. The van der Waals surface area contributed by atoms with E-state index in [1.165, 1.54) is 12.8 Å². The molecule has 0 saturated heterocycles. The van der Waals surface area contributed by atoms with E-state index in [1.807, 2.05) is 12.1 Å². The number of amides is 1. The fraction of sp³-hybridized carbons (Fsp3) is 0.533. The minimum absolute atomic E-state index is 0.0572. The van der Waals surface area contributed by atoms with Crippen LogP contribution in [0.25, 0.3) is 0 Å². The Morgan fingerprint density at radius 2 is 2.00 bits per heavy atom. The minimum Gasteiger partial charge on any atom is -0.486 e. The van der Waals surface area contributed by atoms with Crippen LogP contribution in [0, 0.1) is 5.92 Å². The number of benzene rings is 1. The first-order valence-electron chi connectivity index (χ1n) is 7.01. The Bertz CT molecular complexity index is 528. The highest BCUT2D eigenvalue weighted by atomic mass is 79.9. The molecule has 1 heterocycles. The van der Waals surface area contributed by atoms with E-state index < -0.39 is 0 Å². The van der Waals surface area contributed by atoms with E-state index in [-0.39, 0.29) is 11.9 Å². The maximum atomic E-state index is 12.1. The van der Waals surface area contributed by atoms with Crippen molar-refractivity contribution in [2.24, 2.45) is 5.92 Å². The van der Waals surface area contributed by atoms with Crippen molar-refractivity contribution in [2.45, 2.75) is 32.2 Å². The van der Waals surface area contributed by atoms with Gasteiger partial charge in [0.25, 0.3) is 0 Å². The molecule has 0 bridgehead atoms. The lowest BCUT2D eigenvalue weighted by molar-refractivity contribution is -0.121. The topological polar surface area (TPSA) is 47.6 Å². The molecule has 3 rings (SSSR count). The molecule has 0 radical (unpaired) electrons. The number of hydrogen-bond acceptors (Lipinski definition) is 3. The second-order valence-electron chi connectivity index (χ2n) is 5.46. The second kappa shape index (κ2) is 5.64. The molecule has 1 fully saturated rings. The molecule has 20 heavy (non-hydrogen) atoms. The highest BCUT2D eigenvalue weighted by Crippen LogP contribution is 2.36. The smallest absolute Gasteiger partial charge is 0.224 e. The number of nitrogens with one attached hydrogen (secondary N) is 1. The Labute approximate surface area is 127 Å². The number of carbonyl (C=O) groups is 1.